The first-order valence-corrected chi connectivity index (χ1v) is 4.06. The van der Waals surface area contributed by atoms with E-state index >= 15 is 0 Å². The molecule has 1 aromatic carbocycles. The summed E-state index contributed by atoms with van der Waals surface area (Å²) < 4.78 is 28.4. The van der Waals surface area contributed by atoms with Crippen LogP contribution >= 0.6 is 0 Å². The maximum atomic E-state index is 12.0. The number of aromatic nitrogens is 1. The van der Waals surface area contributed by atoms with E-state index in [0.717, 1.165) is 0 Å². The number of ether oxygens (including phenoxy) is 1. The molecule has 1 aromatic heterocycles. The number of pyridine rings is 1. The van der Waals surface area contributed by atoms with Gasteiger partial charge in [0.25, 0.3) is 0 Å². The Kier molecular flexibility index (Phi) is 2.26. The molecule has 0 atom stereocenters. The average molecular weight is 195 g/mol. The topological polar surface area (TPSA) is 22.1 Å². The maximum Gasteiger partial charge on any atom is 0.387 e. The fraction of sp³-hybridized carbons (Fsp3) is 0.100. The molecule has 1 heterocycles. The Morgan fingerprint density at radius 2 is 2.00 bits per heavy atom. The first kappa shape index (κ1) is 8.87. The van der Waals surface area contributed by atoms with Crippen LogP contribution in [-0.2, 0) is 0 Å². The van der Waals surface area contributed by atoms with Crippen LogP contribution in [0.25, 0.3) is 10.9 Å². The Hall–Kier alpha value is -1.71. The van der Waals surface area contributed by atoms with Crippen molar-refractivity contribution < 1.29 is 13.5 Å². The van der Waals surface area contributed by atoms with E-state index in [1.54, 1.807) is 30.5 Å². The highest BCUT2D eigenvalue weighted by Gasteiger charge is 2.07. The smallest absolute Gasteiger partial charge is 0.387 e. The molecule has 0 aliphatic heterocycles. The zero-order chi connectivity index (χ0) is 9.97. The van der Waals surface area contributed by atoms with Gasteiger partial charge in [-0.3, -0.25) is 4.98 Å². The number of fused-ring (bicyclic) bond motifs is 1. The van der Waals surface area contributed by atoms with Gasteiger partial charge in [0.1, 0.15) is 5.75 Å². The van der Waals surface area contributed by atoms with E-state index in [0.29, 0.717) is 10.9 Å². The van der Waals surface area contributed by atoms with Gasteiger partial charge in [0.2, 0.25) is 0 Å². The Morgan fingerprint density at radius 1 is 1.14 bits per heavy atom. The van der Waals surface area contributed by atoms with Gasteiger partial charge in [-0.2, -0.15) is 8.78 Å². The Balaban J connectivity index is 2.53. The molecule has 14 heavy (non-hydrogen) atoms. The molecule has 0 saturated heterocycles. The van der Waals surface area contributed by atoms with Crippen LogP contribution in [0.15, 0.2) is 36.5 Å². The molecule has 0 radical (unpaired) electrons. The molecule has 2 aromatic rings. The van der Waals surface area contributed by atoms with Crippen LogP contribution in [0.2, 0.25) is 0 Å². The summed E-state index contributed by atoms with van der Waals surface area (Å²) in [4.78, 5) is 4.02. The summed E-state index contributed by atoms with van der Waals surface area (Å²) in [6.45, 7) is -2.80. The fourth-order valence-electron chi connectivity index (χ4n) is 1.27. The lowest BCUT2D eigenvalue weighted by atomic mass is 10.2. The van der Waals surface area contributed by atoms with Crippen LogP contribution in [0.4, 0.5) is 8.78 Å². The summed E-state index contributed by atoms with van der Waals surface area (Å²) in [5, 5.41) is 0.593. The van der Waals surface area contributed by atoms with Gasteiger partial charge in [-0.1, -0.05) is 6.07 Å². The monoisotopic (exact) mass is 195 g/mol. The molecule has 0 bridgehead atoms. The first-order chi connectivity index (χ1) is 6.77. The zero-order valence-corrected chi connectivity index (χ0v) is 7.15. The Bertz CT molecular complexity index is 440. The summed E-state index contributed by atoms with van der Waals surface area (Å²) in [6.07, 6.45) is 1.61. The average Bonchev–Trinajstić information content (AvgIpc) is 2.18. The lowest BCUT2D eigenvalue weighted by molar-refractivity contribution is -0.0487. The third kappa shape index (κ3) is 1.64. The summed E-state index contributed by atoms with van der Waals surface area (Å²) in [7, 11) is 0. The fourth-order valence-corrected chi connectivity index (χ4v) is 1.27. The number of hydrogen-bond donors (Lipinski definition) is 0. The highest BCUT2D eigenvalue weighted by Crippen LogP contribution is 2.24. The van der Waals surface area contributed by atoms with E-state index in [2.05, 4.69) is 9.72 Å². The van der Waals surface area contributed by atoms with Crippen molar-refractivity contribution in [1.82, 2.24) is 4.98 Å². The highest BCUT2D eigenvalue weighted by atomic mass is 19.3. The minimum absolute atomic E-state index is 0.158. The third-order valence-electron chi connectivity index (χ3n) is 1.82. The largest absolute Gasteiger partial charge is 0.434 e. The van der Waals surface area contributed by atoms with E-state index in [1.165, 1.54) is 6.07 Å². The van der Waals surface area contributed by atoms with Crippen LogP contribution in [0.3, 0.4) is 0 Å². The lowest BCUT2D eigenvalue weighted by Gasteiger charge is -2.06. The van der Waals surface area contributed by atoms with Gasteiger partial charge in [0.15, 0.2) is 0 Å². The van der Waals surface area contributed by atoms with Crippen molar-refractivity contribution in [2.24, 2.45) is 0 Å². The van der Waals surface area contributed by atoms with Gasteiger partial charge in [-0.05, 0) is 24.3 Å². The molecule has 0 unspecified atom stereocenters. The number of hydrogen-bond acceptors (Lipinski definition) is 2. The van der Waals surface area contributed by atoms with Crippen molar-refractivity contribution in [2.45, 2.75) is 6.61 Å². The summed E-state index contributed by atoms with van der Waals surface area (Å²) >= 11 is 0. The molecule has 2 rings (SSSR count). The molecule has 2 nitrogen and oxygen atoms in total. The predicted octanol–water partition coefficient (Wildman–Crippen LogP) is 2.84. The molecule has 0 saturated carbocycles. The van der Waals surface area contributed by atoms with Gasteiger partial charge in [0.05, 0.1) is 5.52 Å². The highest BCUT2D eigenvalue weighted by molar-refractivity contribution is 5.84. The molecule has 0 fully saturated rings. The standard InChI is InChI=1S/C10H7F2NO/c11-10(12)14-9-5-1-4-8-7(9)3-2-6-13-8/h1-6,10H. The molecular weight excluding hydrogens is 188 g/mol. The van der Waals surface area contributed by atoms with Crippen molar-refractivity contribution in [3.8, 4) is 5.75 Å². The molecule has 0 N–H and O–H groups in total. The van der Waals surface area contributed by atoms with Crippen molar-refractivity contribution in [1.29, 1.82) is 0 Å². The van der Waals surface area contributed by atoms with Crippen LogP contribution in [0.1, 0.15) is 0 Å². The second-order valence-corrected chi connectivity index (χ2v) is 2.70. The second-order valence-electron chi connectivity index (χ2n) is 2.70. The van der Waals surface area contributed by atoms with Crippen molar-refractivity contribution in [2.75, 3.05) is 0 Å². The molecule has 0 aliphatic carbocycles. The minimum Gasteiger partial charge on any atom is -0.434 e. The normalized spacial score (nSPS) is 10.8. The minimum atomic E-state index is -2.80. The quantitative estimate of drug-likeness (QED) is 0.735. The van der Waals surface area contributed by atoms with Crippen molar-refractivity contribution >= 4 is 10.9 Å². The van der Waals surface area contributed by atoms with Crippen LogP contribution in [-0.4, -0.2) is 11.6 Å². The molecular formula is C10H7F2NO. The van der Waals surface area contributed by atoms with Crippen LogP contribution in [0, 0.1) is 0 Å². The van der Waals surface area contributed by atoms with Crippen LogP contribution in [0.5, 0.6) is 5.75 Å². The first-order valence-electron chi connectivity index (χ1n) is 4.06. The molecule has 0 aliphatic rings. The van der Waals surface area contributed by atoms with Gasteiger partial charge >= 0.3 is 6.61 Å². The summed E-state index contributed by atoms with van der Waals surface area (Å²) in [5.41, 5.74) is 0.644. The van der Waals surface area contributed by atoms with Crippen LogP contribution < -0.4 is 4.74 Å². The number of benzene rings is 1. The van der Waals surface area contributed by atoms with E-state index in [1.807, 2.05) is 0 Å². The van der Waals surface area contributed by atoms with Gasteiger partial charge in [0, 0.05) is 11.6 Å². The third-order valence-corrected chi connectivity index (χ3v) is 1.82. The van der Waals surface area contributed by atoms with E-state index in [9.17, 15) is 8.78 Å². The van der Waals surface area contributed by atoms with Gasteiger partial charge in [-0.25, -0.2) is 0 Å². The lowest BCUT2D eigenvalue weighted by Crippen LogP contribution is -2.02. The van der Waals surface area contributed by atoms with Gasteiger partial charge in [-0.15, -0.1) is 0 Å². The van der Waals surface area contributed by atoms with E-state index < -0.39 is 6.61 Å². The van der Waals surface area contributed by atoms with Crippen molar-refractivity contribution in [3.05, 3.63) is 36.5 Å². The number of halogens is 2. The number of rotatable bonds is 2. The van der Waals surface area contributed by atoms with E-state index in [-0.39, 0.29) is 5.75 Å². The summed E-state index contributed by atoms with van der Waals surface area (Å²) in [5.74, 6) is 0.158. The second kappa shape index (κ2) is 3.57. The summed E-state index contributed by atoms with van der Waals surface area (Å²) in [6, 6.07) is 8.25. The molecule has 72 valence electrons. The van der Waals surface area contributed by atoms with E-state index in [4.69, 9.17) is 0 Å². The molecule has 4 heteroatoms. The number of alkyl halides is 2. The Labute approximate surface area is 79.1 Å². The SMILES string of the molecule is FC(F)Oc1cccc2ncccc12. The Morgan fingerprint density at radius 3 is 2.79 bits per heavy atom. The predicted molar refractivity (Wildman–Crippen MR) is 48.4 cm³/mol. The molecule has 0 spiro atoms. The van der Waals surface area contributed by atoms with Crippen molar-refractivity contribution in [3.63, 3.8) is 0 Å². The maximum absolute atomic E-state index is 12.0. The van der Waals surface area contributed by atoms with Gasteiger partial charge < -0.3 is 4.74 Å². The molecule has 0 amide bonds. The zero-order valence-electron chi connectivity index (χ0n) is 7.15. The number of nitrogens with zero attached hydrogens (tertiary/aromatic N) is 1.